The second-order valence-corrected chi connectivity index (χ2v) is 7.29. The largest absolute Gasteiger partial charge is 0.507 e. The number of carbonyl (C=O) groups excluding carboxylic acids is 2. The highest BCUT2D eigenvalue weighted by atomic mass is 79.9. The predicted octanol–water partition coefficient (Wildman–Crippen LogP) is 2.39. The molecule has 4 atom stereocenters. The lowest BCUT2D eigenvalue weighted by molar-refractivity contribution is -0.140. The molecule has 1 aromatic carbocycles. The maximum Gasteiger partial charge on any atom is 0.254 e. The van der Waals surface area contributed by atoms with Crippen LogP contribution in [0.4, 0.5) is 0 Å². The van der Waals surface area contributed by atoms with E-state index in [9.17, 15) is 19.8 Å². The summed E-state index contributed by atoms with van der Waals surface area (Å²) in [5.74, 6) is -1.20. The lowest BCUT2D eigenvalue weighted by Crippen LogP contribution is -2.38. The summed E-state index contributed by atoms with van der Waals surface area (Å²) in [4.78, 5) is 25.2. The van der Waals surface area contributed by atoms with Crippen LogP contribution in [0.2, 0.25) is 0 Å². The van der Waals surface area contributed by atoms with Gasteiger partial charge in [0.05, 0.1) is 22.5 Å². The Morgan fingerprint density at radius 3 is 2.17 bits per heavy atom. The van der Waals surface area contributed by atoms with Crippen LogP contribution in [0.25, 0.3) is 0 Å². The summed E-state index contributed by atoms with van der Waals surface area (Å²) >= 11 is 3.15. The lowest BCUT2D eigenvalue weighted by Gasteiger charge is -2.37. The van der Waals surface area contributed by atoms with Crippen LogP contribution in [-0.4, -0.2) is 33.3 Å². The summed E-state index contributed by atoms with van der Waals surface area (Å²) in [5.41, 5.74) is 0.302. The number of hydrazone groups is 1. The molecule has 1 aromatic rings. The van der Waals surface area contributed by atoms with Gasteiger partial charge in [0.25, 0.3) is 11.8 Å². The first kappa shape index (κ1) is 15.4. The number of phenols is 2. The molecule has 0 unspecified atom stereocenters. The maximum atomic E-state index is 12.6. The molecule has 1 aliphatic heterocycles. The van der Waals surface area contributed by atoms with Crippen LogP contribution in [0.5, 0.6) is 11.5 Å². The number of halogens is 1. The Labute approximate surface area is 146 Å². The van der Waals surface area contributed by atoms with Gasteiger partial charge in [0.15, 0.2) is 0 Å². The van der Waals surface area contributed by atoms with Crippen LogP contribution in [0.15, 0.2) is 33.9 Å². The molecule has 7 heteroatoms. The second kappa shape index (κ2) is 5.44. The van der Waals surface area contributed by atoms with Crippen LogP contribution in [0.1, 0.15) is 18.4 Å². The zero-order valence-electron chi connectivity index (χ0n) is 12.6. The van der Waals surface area contributed by atoms with Crippen molar-refractivity contribution in [2.75, 3.05) is 0 Å². The van der Waals surface area contributed by atoms with E-state index in [0.717, 1.165) is 17.9 Å². The van der Waals surface area contributed by atoms with Gasteiger partial charge in [0.2, 0.25) is 0 Å². The van der Waals surface area contributed by atoms with Gasteiger partial charge in [0.1, 0.15) is 11.5 Å². The van der Waals surface area contributed by atoms with Gasteiger partial charge in [-0.3, -0.25) is 9.59 Å². The average Bonchev–Trinajstić information content (AvgIpc) is 2.84. The fraction of sp³-hybridized carbons (Fsp3) is 0.353. The molecule has 2 bridgehead atoms. The highest BCUT2D eigenvalue weighted by Gasteiger charge is 2.56. The van der Waals surface area contributed by atoms with E-state index in [4.69, 9.17) is 0 Å². The van der Waals surface area contributed by atoms with Gasteiger partial charge in [-0.05, 0) is 46.7 Å². The van der Waals surface area contributed by atoms with E-state index < -0.39 is 0 Å². The number of hydrogen-bond donors (Lipinski definition) is 2. The van der Waals surface area contributed by atoms with E-state index in [1.807, 2.05) is 0 Å². The highest BCUT2D eigenvalue weighted by Crippen LogP contribution is 2.49. The molecule has 5 rings (SSSR count). The Kier molecular flexibility index (Phi) is 3.49. The number of aromatic hydroxyl groups is 2. The molecular weight excluding hydrogens is 376 g/mol. The SMILES string of the molecule is O=C1[C@H]2[C@H](C(=O)N1/N=C\c1cc(Br)c(O)cc1O)[C@H]1C=C[C@H]2CC1. The first-order valence-corrected chi connectivity index (χ1v) is 8.58. The molecule has 124 valence electrons. The van der Waals surface area contributed by atoms with Crippen molar-refractivity contribution >= 4 is 34.0 Å². The Balaban J connectivity index is 1.63. The number of carbonyl (C=O) groups is 2. The summed E-state index contributed by atoms with van der Waals surface area (Å²) in [7, 11) is 0. The fourth-order valence-electron chi connectivity index (χ4n) is 3.96. The summed E-state index contributed by atoms with van der Waals surface area (Å²) in [5, 5.41) is 24.3. The zero-order chi connectivity index (χ0) is 17.0. The third-order valence-corrected chi connectivity index (χ3v) is 5.78. The summed E-state index contributed by atoms with van der Waals surface area (Å²) < 4.78 is 0.386. The Bertz CT molecular complexity index is 772. The van der Waals surface area contributed by atoms with Gasteiger partial charge in [-0.1, -0.05) is 12.2 Å². The van der Waals surface area contributed by atoms with Crippen LogP contribution >= 0.6 is 15.9 Å². The van der Waals surface area contributed by atoms with Gasteiger partial charge in [0, 0.05) is 11.6 Å². The fourth-order valence-corrected chi connectivity index (χ4v) is 4.32. The van der Waals surface area contributed by atoms with E-state index in [1.165, 1.54) is 18.3 Å². The molecule has 24 heavy (non-hydrogen) atoms. The maximum absolute atomic E-state index is 12.6. The number of amides is 2. The summed E-state index contributed by atoms with van der Waals surface area (Å²) in [6.07, 6.45) is 7.24. The lowest BCUT2D eigenvalue weighted by atomic mass is 9.63. The molecule has 0 radical (unpaired) electrons. The number of rotatable bonds is 2. The third kappa shape index (κ3) is 2.18. The molecule has 1 saturated carbocycles. The second-order valence-electron chi connectivity index (χ2n) is 6.44. The molecule has 0 spiro atoms. The topological polar surface area (TPSA) is 90.2 Å². The average molecular weight is 391 g/mol. The number of phenolic OH excluding ortho intramolecular Hbond substituents is 2. The first-order valence-electron chi connectivity index (χ1n) is 7.79. The van der Waals surface area contributed by atoms with Crippen molar-refractivity contribution in [1.82, 2.24) is 5.01 Å². The molecule has 1 saturated heterocycles. The number of fused-ring (bicyclic) bond motifs is 1. The van der Waals surface area contributed by atoms with Gasteiger partial charge in [-0.15, -0.1) is 0 Å². The monoisotopic (exact) mass is 390 g/mol. The normalized spacial score (nSPS) is 31.3. The Morgan fingerprint density at radius 1 is 1.04 bits per heavy atom. The van der Waals surface area contributed by atoms with E-state index >= 15 is 0 Å². The van der Waals surface area contributed by atoms with Crippen molar-refractivity contribution in [3.05, 3.63) is 34.3 Å². The number of benzene rings is 1. The molecule has 3 aliphatic carbocycles. The quantitative estimate of drug-likeness (QED) is 0.460. The van der Waals surface area contributed by atoms with Crippen LogP contribution in [-0.2, 0) is 9.59 Å². The van der Waals surface area contributed by atoms with Crippen LogP contribution in [0.3, 0.4) is 0 Å². The van der Waals surface area contributed by atoms with Crippen molar-refractivity contribution < 1.29 is 19.8 Å². The Hall–Kier alpha value is -2.15. The highest BCUT2D eigenvalue weighted by molar-refractivity contribution is 9.10. The standard InChI is InChI=1S/C17H15BrN2O4/c18-11-5-10(12(21)6-13(11)22)7-19-20-16(23)14-8-1-2-9(4-3-8)15(14)17(20)24/h1-2,5-9,14-15,21-22H,3-4H2/b19-7-/t8-,9-,14+,15+/m0/s1. The van der Waals surface area contributed by atoms with Gasteiger partial charge < -0.3 is 10.2 Å². The zero-order valence-corrected chi connectivity index (χ0v) is 14.2. The molecule has 0 aromatic heterocycles. The minimum atomic E-state index is -0.307. The van der Waals surface area contributed by atoms with Gasteiger partial charge in [-0.25, -0.2) is 0 Å². The van der Waals surface area contributed by atoms with E-state index in [-0.39, 0.29) is 47.0 Å². The molecule has 1 heterocycles. The minimum absolute atomic E-state index is 0.105. The molecule has 6 nitrogen and oxygen atoms in total. The Morgan fingerprint density at radius 2 is 1.62 bits per heavy atom. The molecule has 2 fully saturated rings. The molecule has 2 N–H and O–H groups in total. The van der Waals surface area contributed by atoms with Crippen molar-refractivity contribution in [3.8, 4) is 11.5 Å². The third-order valence-electron chi connectivity index (χ3n) is 5.14. The summed E-state index contributed by atoms with van der Waals surface area (Å²) in [6, 6.07) is 2.64. The number of allylic oxidation sites excluding steroid dienone is 2. The minimum Gasteiger partial charge on any atom is -0.507 e. The van der Waals surface area contributed by atoms with Crippen LogP contribution < -0.4 is 0 Å². The predicted molar refractivity (Wildman–Crippen MR) is 89.3 cm³/mol. The van der Waals surface area contributed by atoms with E-state index in [0.29, 0.717) is 10.0 Å². The molecule has 4 aliphatic rings. The summed E-state index contributed by atoms with van der Waals surface area (Å²) in [6.45, 7) is 0. The van der Waals surface area contributed by atoms with Crippen molar-refractivity contribution in [1.29, 1.82) is 0 Å². The van der Waals surface area contributed by atoms with Gasteiger partial charge in [-0.2, -0.15) is 10.1 Å². The van der Waals surface area contributed by atoms with Crippen molar-refractivity contribution in [2.24, 2.45) is 28.8 Å². The van der Waals surface area contributed by atoms with E-state index in [1.54, 1.807) is 0 Å². The number of imide groups is 1. The molecular formula is C17H15BrN2O4. The first-order chi connectivity index (χ1) is 11.5. The smallest absolute Gasteiger partial charge is 0.254 e. The molecule has 2 amide bonds. The van der Waals surface area contributed by atoms with Crippen molar-refractivity contribution in [2.45, 2.75) is 12.8 Å². The van der Waals surface area contributed by atoms with Crippen molar-refractivity contribution in [3.63, 3.8) is 0 Å². The number of nitrogens with zero attached hydrogens (tertiary/aromatic N) is 2. The number of hydrogen-bond acceptors (Lipinski definition) is 5. The van der Waals surface area contributed by atoms with Gasteiger partial charge >= 0.3 is 0 Å². The van der Waals surface area contributed by atoms with E-state index in [2.05, 4.69) is 33.2 Å². The van der Waals surface area contributed by atoms with Crippen LogP contribution in [0, 0.1) is 23.7 Å².